The predicted molar refractivity (Wildman–Crippen MR) is 87.1 cm³/mol. The molecule has 21 heavy (non-hydrogen) atoms. The molecule has 0 saturated heterocycles. The van der Waals surface area contributed by atoms with Gasteiger partial charge in [0.15, 0.2) is 0 Å². The Kier molecular flexibility index (Phi) is 8.23. The molecular formula is C18H25NO2. The molecule has 114 valence electrons. The van der Waals surface area contributed by atoms with E-state index in [0.29, 0.717) is 6.42 Å². The number of amides is 1. The number of hydrogen-bond acceptors (Lipinski definition) is 2. The second kappa shape index (κ2) is 10.0. The quantitative estimate of drug-likeness (QED) is 0.594. The molecule has 0 saturated carbocycles. The molecular weight excluding hydrogens is 262 g/mol. The van der Waals surface area contributed by atoms with Crippen LogP contribution in [0, 0.1) is 18.8 Å². The molecule has 0 bridgehead atoms. The average Bonchev–Trinajstić information content (AvgIpc) is 2.47. The van der Waals surface area contributed by atoms with Crippen molar-refractivity contribution >= 4 is 11.6 Å². The normalized spacial score (nSPS) is 9.86. The zero-order valence-corrected chi connectivity index (χ0v) is 13.0. The Labute approximate surface area is 127 Å². The van der Waals surface area contributed by atoms with Crippen LogP contribution in [0.5, 0.6) is 0 Å². The van der Waals surface area contributed by atoms with Gasteiger partial charge in [-0.15, -0.1) is 0 Å². The molecule has 3 heteroatoms. The number of unbranched alkanes of at least 4 members (excludes halogenated alkanes) is 4. The van der Waals surface area contributed by atoms with Gasteiger partial charge in [0.25, 0.3) is 0 Å². The second-order valence-corrected chi connectivity index (χ2v) is 5.20. The molecule has 0 heterocycles. The van der Waals surface area contributed by atoms with E-state index >= 15 is 0 Å². The number of carbonyl (C=O) groups is 1. The number of aliphatic hydroxyl groups excluding tert-OH is 1. The highest BCUT2D eigenvalue weighted by Crippen LogP contribution is 2.17. The van der Waals surface area contributed by atoms with E-state index in [4.69, 9.17) is 5.11 Å². The molecule has 0 aromatic heterocycles. The van der Waals surface area contributed by atoms with Gasteiger partial charge in [0.2, 0.25) is 5.91 Å². The highest BCUT2D eigenvalue weighted by Gasteiger charge is 2.05. The summed E-state index contributed by atoms with van der Waals surface area (Å²) in [6.07, 6.45) is 6.32. The van der Waals surface area contributed by atoms with Gasteiger partial charge in [0.05, 0.1) is 0 Å². The van der Waals surface area contributed by atoms with E-state index in [2.05, 4.69) is 24.1 Å². The van der Waals surface area contributed by atoms with Crippen molar-refractivity contribution in [2.24, 2.45) is 0 Å². The molecule has 0 fully saturated rings. The molecule has 2 N–H and O–H groups in total. The fraction of sp³-hybridized carbons (Fsp3) is 0.500. The summed E-state index contributed by atoms with van der Waals surface area (Å²) < 4.78 is 0. The average molecular weight is 287 g/mol. The highest BCUT2D eigenvalue weighted by atomic mass is 16.2. The van der Waals surface area contributed by atoms with Gasteiger partial charge in [-0.05, 0) is 37.1 Å². The number of carbonyl (C=O) groups excluding carboxylic acids is 1. The molecule has 1 aromatic carbocycles. The van der Waals surface area contributed by atoms with Crippen LogP contribution in [0.25, 0.3) is 0 Å². The highest BCUT2D eigenvalue weighted by molar-refractivity contribution is 5.91. The number of nitrogens with one attached hydrogen (secondary N) is 1. The number of rotatable bonds is 7. The molecule has 1 amide bonds. The first-order chi connectivity index (χ1) is 10.2. The van der Waals surface area contributed by atoms with E-state index in [9.17, 15) is 4.79 Å². The lowest BCUT2D eigenvalue weighted by Gasteiger charge is -2.08. The van der Waals surface area contributed by atoms with E-state index < -0.39 is 0 Å². The van der Waals surface area contributed by atoms with Crippen LogP contribution in [0.1, 0.15) is 56.6 Å². The Morgan fingerprint density at radius 3 is 2.67 bits per heavy atom. The summed E-state index contributed by atoms with van der Waals surface area (Å²) in [5, 5.41) is 11.6. The van der Waals surface area contributed by atoms with E-state index in [1.807, 2.05) is 25.1 Å². The van der Waals surface area contributed by atoms with Crippen LogP contribution < -0.4 is 5.32 Å². The van der Waals surface area contributed by atoms with E-state index in [1.54, 1.807) is 0 Å². The van der Waals surface area contributed by atoms with Gasteiger partial charge >= 0.3 is 0 Å². The maximum Gasteiger partial charge on any atom is 0.224 e. The molecule has 0 unspecified atom stereocenters. The topological polar surface area (TPSA) is 49.3 Å². The number of benzene rings is 1. The lowest BCUT2D eigenvalue weighted by Crippen LogP contribution is -2.12. The summed E-state index contributed by atoms with van der Waals surface area (Å²) in [6.45, 7) is 3.99. The van der Waals surface area contributed by atoms with Gasteiger partial charge in [0, 0.05) is 17.7 Å². The minimum absolute atomic E-state index is 0.0730. The zero-order chi connectivity index (χ0) is 15.5. The molecule has 0 aliphatic carbocycles. The Bertz CT molecular complexity index is 512. The SMILES string of the molecule is CCCCCCCC(=O)Nc1ccc(C#CCO)cc1C. The minimum atomic E-state index is -0.143. The maximum absolute atomic E-state index is 11.9. The van der Waals surface area contributed by atoms with Crippen LogP contribution in [0.2, 0.25) is 0 Å². The second-order valence-electron chi connectivity index (χ2n) is 5.20. The van der Waals surface area contributed by atoms with Crippen LogP contribution in [0.4, 0.5) is 5.69 Å². The Morgan fingerprint density at radius 2 is 2.00 bits per heavy atom. The van der Waals surface area contributed by atoms with Crippen molar-refractivity contribution in [2.75, 3.05) is 11.9 Å². The van der Waals surface area contributed by atoms with Gasteiger partial charge in [-0.1, -0.05) is 44.4 Å². The van der Waals surface area contributed by atoms with Crippen molar-refractivity contribution in [1.82, 2.24) is 0 Å². The molecule has 0 aliphatic heterocycles. The van der Waals surface area contributed by atoms with Crippen LogP contribution in [0.3, 0.4) is 0 Å². The first-order valence-electron chi connectivity index (χ1n) is 7.67. The van der Waals surface area contributed by atoms with Crippen LogP contribution in [0.15, 0.2) is 18.2 Å². The summed E-state index contributed by atoms with van der Waals surface area (Å²) in [5.41, 5.74) is 2.67. The summed E-state index contributed by atoms with van der Waals surface area (Å²) in [7, 11) is 0. The number of aryl methyl sites for hydroxylation is 1. The fourth-order valence-electron chi connectivity index (χ4n) is 2.13. The molecule has 0 radical (unpaired) electrons. The minimum Gasteiger partial charge on any atom is -0.384 e. The number of hydrogen-bond donors (Lipinski definition) is 2. The smallest absolute Gasteiger partial charge is 0.224 e. The van der Waals surface area contributed by atoms with Gasteiger partial charge in [-0.3, -0.25) is 4.79 Å². The molecule has 0 aliphatic rings. The van der Waals surface area contributed by atoms with E-state index in [1.165, 1.54) is 19.3 Å². The lowest BCUT2D eigenvalue weighted by molar-refractivity contribution is -0.116. The van der Waals surface area contributed by atoms with E-state index in [0.717, 1.165) is 29.7 Å². The monoisotopic (exact) mass is 287 g/mol. The first kappa shape index (κ1) is 17.3. The molecule has 1 rings (SSSR count). The van der Waals surface area contributed by atoms with Crippen LogP contribution >= 0.6 is 0 Å². The third kappa shape index (κ3) is 6.97. The largest absolute Gasteiger partial charge is 0.384 e. The van der Waals surface area contributed by atoms with Crippen molar-refractivity contribution < 1.29 is 9.90 Å². The third-order valence-electron chi connectivity index (χ3n) is 3.32. The van der Waals surface area contributed by atoms with E-state index in [-0.39, 0.29) is 12.5 Å². The predicted octanol–water partition coefficient (Wildman–Crippen LogP) is 3.64. The fourth-order valence-corrected chi connectivity index (χ4v) is 2.13. The Morgan fingerprint density at radius 1 is 1.24 bits per heavy atom. The van der Waals surface area contributed by atoms with Gasteiger partial charge in [-0.25, -0.2) is 0 Å². The third-order valence-corrected chi connectivity index (χ3v) is 3.32. The summed E-state index contributed by atoms with van der Waals surface area (Å²) >= 11 is 0. The number of aliphatic hydroxyl groups is 1. The first-order valence-corrected chi connectivity index (χ1v) is 7.67. The Hall–Kier alpha value is -1.79. The summed E-state index contributed by atoms with van der Waals surface area (Å²) in [6, 6.07) is 5.64. The maximum atomic E-state index is 11.9. The van der Waals surface area contributed by atoms with Gasteiger partial charge in [-0.2, -0.15) is 0 Å². The number of anilines is 1. The summed E-state index contributed by atoms with van der Waals surface area (Å²) in [4.78, 5) is 11.9. The van der Waals surface area contributed by atoms with Crippen molar-refractivity contribution in [3.8, 4) is 11.8 Å². The summed E-state index contributed by atoms with van der Waals surface area (Å²) in [5.74, 6) is 5.54. The molecule has 0 spiro atoms. The van der Waals surface area contributed by atoms with Crippen LogP contribution in [-0.4, -0.2) is 17.6 Å². The molecule has 1 aromatic rings. The van der Waals surface area contributed by atoms with Crippen molar-refractivity contribution in [3.05, 3.63) is 29.3 Å². The van der Waals surface area contributed by atoms with Crippen molar-refractivity contribution in [2.45, 2.75) is 52.4 Å². The standard InChI is InChI=1S/C18H25NO2/c1-3-4-5-6-7-10-18(21)19-17-12-11-16(9-8-13-20)14-15(17)2/h11-12,14,20H,3-7,10,13H2,1-2H3,(H,19,21). The van der Waals surface area contributed by atoms with Gasteiger partial charge in [0.1, 0.15) is 6.61 Å². The molecule has 3 nitrogen and oxygen atoms in total. The van der Waals surface area contributed by atoms with Crippen molar-refractivity contribution in [1.29, 1.82) is 0 Å². The Balaban J connectivity index is 2.45. The zero-order valence-electron chi connectivity index (χ0n) is 13.0. The molecule has 0 atom stereocenters. The van der Waals surface area contributed by atoms with Crippen LogP contribution in [-0.2, 0) is 4.79 Å². The van der Waals surface area contributed by atoms with Gasteiger partial charge < -0.3 is 10.4 Å². The lowest BCUT2D eigenvalue weighted by atomic mass is 10.1. The van der Waals surface area contributed by atoms with Crippen molar-refractivity contribution in [3.63, 3.8) is 0 Å².